The summed E-state index contributed by atoms with van der Waals surface area (Å²) in [6.07, 6.45) is 1.30. The number of aryl methyl sites for hydroxylation is 1. The number of ether oxygens (including phenoxy) is 3. The zero-order chi connectivity index (χ0) is 19.0. The van der Waals surface area contributed by atoms with E-state index in [1.54, 1.807) is 29.7 Å². The van der Waals surface area contributed by atoms with Crippen molar-refractivity contribution in [2.24, 2.45) is 0 Å². The fourth-order valence-corrected chi connectivity index (χ4v) is 3.48. The molecule has 138 valence electrons. The van der Waals surface area contributed by atoms with Crippen LogP contribution in [0.3, 0.4) is 0 Å². The molecule has 3 aromatic rings. The molecule has 0 spiro atoms. The number of hydrogen-bond donors (Lipinski definition) is 0. The van der Waals surface area contributed by atoms with E-state index >= 15 is 0 Å². The number of hydrogen-bond acceptors (Lipinski definition) is 6. The number of carbonyl (C=O) groups excluding carboxylic acids is 2. The van der Waals surface area contributed by atoms with Gasteiger partial charge in [-0.25, -0.2) is 9.78 Å². The van der Waals surface area contributed by atoms with E-state index in [-0.39, 0.29) is 0 Å². The molecule has 0 saturated heterocycles. The molecule has 1 aromatic carbocycles. The van der Waals surface area contributed by atoms with E-state index in [4.69, 9.17) is 9.47 Å². The van der Waals surface area contributed by atoms with E-state index in [0.29, 0.717) is 29.2 Å². The summed E-state index contributed by atoms with van der Waals surface area (Å²) in [5.41, 5.74) is 3.64. The molecule has 0 bridgehead atoms. The van der Waals surface area contributed by atoms with Crippen molar-refractivity contribution in [3.05, 3.63) is 65.1 Å². The van der Waals surface area contributed by atoms with Crippen LogP contribution in [0.1, 0.15) is 33.4 Å². The molecule has 0 saturated carbocycles. The topological polar surface area (TPSA) is 79.1 Å². The molecule has 0 aliphatic heterocycles. The van der Waals surface area contributed by atoms with Gasteiger partial charge in [0.15, 0.2) is 29.9 Å². The minimum absolute atomic E-state index is 0.477. The summed E-state index contributed by atoms with van der Waals surface area (Å²) in [5.74, 6) is 0.508. The average Bonchev–Trinajstić information content (AvgIpc) is 3.19. The van der Waals surface area contributed by atoms with E-state index in [0.717, 1.165) is 17.4 Å². The fourth-order valence-electron chi connectivity index (χ4n) is 3.48. The van der Waals surface area contributed by atoms with Crippen LogP contribution in [0.4, 0.5) is 4.79 Å². The summed E-state index contributed by atoms with van der Waals surface area (Å²) < 4.78 is 18.0. The van der Waals surface area contributed by atoms with Crippen LogP contribution in [0.15, 0.2) is 42.6 Å². The Morgan fingerprint density at radius 2 is 2.07 bits per heavy atom. The molecule has 7 heteroatoms. The summed E-state index contributed by atoms with van der Waals surface area (Å²) in [6.45, 7) is 1.77. The lowest BCUT2D eigenvalue weighted by atomic mass is 10.1. The fraction of sp³-hybridized carbons (Fsp3) is 0.250. The molecule has 0 radical (unpaired) electrons. The van der Waals surface area contributed by atoms with Crippen molar-refractivity contribution in [3.63, 3.8) is 0 Å². The van der Waals surface area contributed by atoms with Gasteiger partial charge in [-0.15, -0.1) is 0 Å². The number of imidazole rings is 1. The molecule has 0 unspecified atom stereocenters. The lowest BCUT2D eigenvalue weighted by Crippen LogP contribution is -2.26. The van der Waals surface area contributed by atoms with Crippen molar-refractivity contribution >= 4 is 18.1 Å². The van der Waals surface area contributed by atoms with Gasteiger partial charge in [0.05, 0.1) is 12.8 Å². The van der Waals surface area contributed by atoms with Crippen LogP contribution in [-0.4, -0.2) is 35.0 Å². The van der Waals surface area contributed by atoms with Gasteiger partial charge in [0, 0.05) is 12.6 Å². The lowest BCUT2D eigenvalue weighted by molar-refractivity contribution is -0.00789. The van der Waals surface area contributed by atoms with Gasteiger partial charge >= 0.3 is 6.16 Å². The molecule has 1 aliphatic rings. The van der Waals surface area contributed by atoms with Crippen LogP contribution in [0, 0.1) is 6.92 Å². The Balaban J connectivity index is 1.74. The smallest absolute Gasteiger partial charge is 0.478 e. The third-order valence-electron chi connectivity index (χ3n) is 4.74. The second kappa shape index (κ2) is 6.75. The maximum atomic E-state index is 11.7. The van der Waals surface area contributed by atoms with Crippen LogP contribution in [0.2, 0.25) is 0 Å². The first-order chi connectivity index (χ1) is 13.1. The van der Waals surface area contributed by atoms with Gasteiger partial charge in [-0.3, -0.25) is 9.20 Å². The molecule has 4 rings (SSSR count). The lowest BCUT2D eigenvalue weighted by Gasteiger charge is -2.22. The van der Waals surface area contributed by atoms with Gasteiger partial charge in [0.1, 0.15) is 5.69 Å². The maximum Gasteiger partial charge on any atom is 0.508 e. The number of nitrogens with zero attached hydrogens (tertiary/aromatic N) is 2. The zero-order valence-corrected chi connectivity index (χ0v) is 14.9. The number of rotatable bonds is 4. The Morgan fingerprint density at radius 3 is 2.85 bits per heavy atom. The first kappa shape index (κ1) is 17.1. The Hall–Kier alpha value is -3.35. The SMILES string of the molecule is COC(=O)O[C@@H]1Cc2ccccc2[C@H]1Oc1cccn2c(C=O)c(C)nc12. The molecular weight excluding hydrogens is 348 g/mol. The number of fused-ring (bicyclic) bond motifs is 2. The molecule has 1 aliphatic carbocycles. The highest BCUT2D eigenvalue weighted by molar-refractivity contribution is 5.77. The predicted molar refractivity (Wildman–Crippen MR) is 96.1 cm³/mol. The Morgan fingerprint density at radius 1 is 1.26 bits per heavy atom. The highest BCUT2D eigenvalue weighted by atomic mass is 16.7. The monoisotopic (exact) mass is 366 g/mol. The summed E-state index contributed by atoms with van der Waals surface area (Å²) in [5, 5.41) is 0. The predicted octanol–water partition coefficient (Wildman–Crippen LogP) is 3.28. The van der Waals surface area contributed by atoms with Crippen molar-refractivity contribution < 1.29 is 23.8 Å². The highest BCUT2D eigenvalue weighted by Crippen LogP contribution is 2.38. The van der Waals surface area contributed by atoms with Crippen LogP contribution in [0.25, 0.3) is 5.65 Å². The van der Waals surface area contributed by atoms with Crippen molar-refractivity contribution in [1.82, 2.24) is 9.38 Å². The minimum Gasteiger partial charge on any atom is -0.478 e. The molecule has 7 nitrogen and oxygen atoms in total. The number of benzene rings is 1. The van der Waals surface area contributed by atoms with Crippen molar-refractivity contribution in [2.45, 2.75) is 25.6 Å². The number of aldehydes is 1. The van der Waals surface area contributed by atoms with Crippen LogP contribution < -0.4 is 4.74 Å². The normalized spacial score (nSPS) is 18.1. The largest absolute Gasteiger partial charge is 0.508 e. The highest BCUT2D eigenvalue weighted by Gasteiger charge is 2.37. The van der Waals surface area contributed by atoms with E-state index in [2.05, 4.69) is 9.72 Å². The van der Waals surface area contributed by atoms with Gasteiger partial charge in [-0.1, -0.05) is 24.3 Å². The molecular formula is C20H18N2O5. The summed E-state index contributed by atoms with van der Waals surface area (Å²) in [6, 6.07) is 11.4. The van der Waals surface area contributed by atoms with Crippen molar-refractivity contribution in [2.75, 3.05) is 7.11 Å². The van der Waals surface area contributed by atoms with Gasteiger partial charge in [0.2, 0.25) is 0 Å². The Bertz CT molecular complexity index is 1030. The second-order valence-corrected chi connectivity index (χ2v) is 6.32. The number of methoxy groups -OCH3 is 1. The summed E-state index contributed by atoms with van der Waals surface area (Å²) in [7, 11) is 1.27. The van der Waals surface area contributed by atoms with Gasteiger partial charge in [-0.05, 0) is 30.2 Å². The quantitative estimate of drug-likeness (QED) is 0.521. The van der Waals surface area contributed by atoms with Gasteiger partial charge in [0.25, 0.3) is 0 Å². The van der Waals surface area contributed by atoms with E-state index in [1.807, 2.05) is 24.3 Å². The summed E-state index contributed by atoms with van der Waals surface area (Å²) >= 11 is 0. The van der Waals surface area contributed by atoms with E-state index in [1.165, 1.54) is 7.11 Å². The molecule has 2 heterocycles. The first-order valence-electron chi connectivity index (χ1n) is 8.54. The first-order valence-corrected chi connectivity index (χ1v) is 8.54. The molecule has 2 aromatic heterocycles. The van der Waals surface area contributed by atoms with Crippen molar-refractivity contribution in [1.29, 1.82) is 0 Å². The molecule has 2 atom stereocenters. The summed E-state index contributed by atoms with van der Waals surface area (Å²) in [4.78, 5) is 27.5. The standard InChI is InChI=1S/C20H18N2O5/c1-12-15(11-23)22-9-5-8-16(19(22)21-12)26-18-14-7-4-3-6-13(14)10-17(18)27-20(24)25-2/h3-9,11,17-18H,10H2,1-2H3/t17-,18-/m1/s1. The average molecular weight is 366 g/mol. The molecule has 0 N–H and O–H groups in total. The van der Waals surface area contributed by atoms with E-state index in [9.17, 15) is 9.59 Å². The third-order valence-corrected chi connectivity index (χ3v) is 4.74. The van der Waals surface area contributed by atoms with Gasteiger partial charge < -0.3 is 14.2 Å². The minimum atomic E-state index is -0.750. The van der Waals surface area contributed by atoms with Crippen LogP contribution in [-0.2, 0) is 15.9 Å². The number of pyridine rings is 1. The Labute approximate surface area is 155 Å². The number of carbonyl (C=O) groups is 2. The van der Waals surface area contributed by atoms with Crippen molar-refractivity contribution in [3.8, 4) is 5.75 Å². The zero-order valence-electron chi connectivity index (χ0n) is 14.9. The molecule has 0 fully saturated rings. The second-order valence-electron chi connectivity index (χ2n) is 6.32. The van der Waals surface area contributed by atoms with Crippen LogP contribution >= 0.6 is 0 Å². The number of aromatic nitrogens is 2. The molecule has 27 heavy (non-hydrogen) atoms. The van der Waals surface area contributed by atoms with Crippen LogP contribution in [0.5, 0.6) is 5.75 Å². The van der Waals surface area contributed by atoms with E-state index < -0.39 is 18.4 Å². The third kappa shape index (κ3) is 2.91. The molecule has 0 amide bonds. The Kier molecular flexibility index (Phi) is 4.27. The maximum absolute atomic E-state index is 11.7. The van der Waals surface area contributed by atoms with Gasteiger partial charge in [-0.2, -0.15) is 0 Å².